The number of nitrogens with zero attached hydrogens (tertiary/aromatic N) is 1. The van der Waals surface area contributed by atoms with E-state index >= 15 is 0 Å². The molecule has 88 valence electrons. The Morgan fingerprint density at radius 3 is 2.60 bits per heavy atom. The van der Waals surface area contributed by atoms with Gasteiger partial charge in [0.25, 0.3) is 0 Å². The molecule has 0 amide bonds. The SMILES string of the molecule is CC(C1CC1)N(C)C1CCC(N)(CO)C1. The second-order valence-electron chi connectivity index (χ2n) is 5.66. The second kappa shape index (κ2) is 4.04. The smallest absolute Gasteiger partial charge is 0.0611 e. The van der Waals surface area contributed by atoms with E-state index in [9.17, 15) is 5.11 Å². The van der Waals surface area contributed by atoms with Gasteiger partial charge >= 0.3 is 0 Å². The summed E-state index contributed by atoms with van der Waals surface area (Å²) in [6, 6.07) is 1.27. The predicted molar refractivity (Wildman–Crippen MR) is 61.6 cm³/mol. The highest BCUT2D eigenvalue weighted by molar-refractivity contribution is 4.98. The maximum Gasteiger partial charge on any atom is 0.0611 e. The highest BCUT2D eigenvalue weighted by atomic mass is 16.3. The zero-order chi connectivity index (χ0) is 11.1. The number of hydrogen-bond acceptors (Lipinski definition) is 3. The fourth-order valence-electron chi connectivity index (χ4n) is 2.86. The van der Waals surface area contributed by atoms with Crippen molar-refractivity contribution in [2.24, 2.45) is 11.7 Å². The Labute approximate surface area is 92.6 Å². The molecule has 0 heterocycles. The Hall–Kier alpha value is -0.120. The topological polar surface area (TPSA) is 49.5 Å². The molecule has 2 aliphatic rings. The van der Waals surface area contributed by atoms with E-state index in [0.717, 1.165) is 25.2 Å². The van der Waals surface area contributed by atoms with Crippen molar-refractivity contribution in [2.45, 2.75) is 56.7 Å². The third-order valence-corrected chi connectivity index (χ3v) is 4.46. The zero-order valence-corrected chi connectivity index (χ0v) is 9.95. The van der Waals surface area contributed by atoms with Crippen LogP contribution in [0.4, 0.5) is 0 Å². The van der Waals surface area contributed by atoms with E-state index in [4.69, 9.17) is 5.73 Å². The van der Waals surface area contributed by atoms with Gasteiger partial charge in [-0.2, -0.15) is 0 Å². The quantitative estimate of drug-likeness (QED) is 0.730. The summed E-state index contributed by atoms with van der Waals surface area (Å²) in [5.41, 5.74) is 5.80. The summed E-state index contributed by atoms with van der Waals surface area (Å²) in [5.74, 6) is 0.914. The highest BCUT2D eigenvalue weighted by Gasteiger charge is 2.40. The molecule has 3 N–H and O–H groups in total. The molecule has 2 aliphatic carbocycles. The van der Waals surface area contributed by atoms with Gasteiger partial charge in [-0.15, -0.1) is 0 Å². The molecule has 0 bridgehead atoms. The lowest BCUT2D eigenvalue weighted by Gasteiger charge is -2.32. The minimum Gasteiger partial charge on any atom is -0.394 e. The number of aliphatic hydroxyl groups is 1. The lowest BCUT2D eigenvalue weighted by atomic mass is 10.00. The van der Waals surface area contributed by atoms with Crippen LogP contribution in [0, 0.1) is 5.92 Å². The van der Waals surface area contributed by atoms with Crippen LogP contribution in [0.15, 0.2) is 0 Å². The average molecular weight is 212 g/mol. The van der Waals surface area contributed by atoms with Crippen molar-refractivity contribution in [2.75, 3.05) is 13.7 Å². The van der Waals surface area contributed by atoms with Crippen LogP contribution < -0.4 is 5.73 Å². The summed E-state index contributed by atoms with van der Waals surface area (Å²) in [7, 11) is 2.22. The van der Waals surface area contributed by atoms with E-state index in [1.807, 2.05) is 0 Å². The molecule has 0 spiro atoms. The van der Waals surface area contributed by atoms with E-state index in [-0.39, 0.29) is 12.1 Å². The third kappa shape index (κ3) is 2.35. The number of hydrogen-bond donors (Lipinski definition) is 2. The van der Waals surface area contributed by atoms with Crippen LogP contribution in [0.3, 0.4) is 0 Å². The minimum atomic E-state index is -0.303. The molecule has 3 heteroatoms. The van der Waals surface area contributed by atoms with E-state index < -0.39 is 0 Å². The van der Waals surface area contributed by atoms with E-state index in [1.165, 1.54) is 12.8 Å². The van der Waals surface area contributed by atoms with Crippen molar-refractivity contribution >= 4 is 0 Å². The van der Waals surface area contributed by atoms with Crippen molar-refractivity contribution in [3.8, 4) is 0 Å². The maximum absolute atomic E-state index is 9.24. The van der Waals surface area contributed by atoms with Gasteiger partial charge in [0.05, 0.1) is 6.61 Å². The monoisotopic (exact) mass is 212 g/mol. The van der Waals surface area contributed by atoms with Gasteiger partial charge in [0.15, 0.2) is 0 Å². The van der Waals surface area contributed by atoms with Crippen molar-refractivity contribution in [3.63, 3.8) is 0 Å². The Balaban J connectivity index is 1.89. The predicted octanol–water partition coefficient (Wildman–Crippen LogP) is 0.959. The number of nitrogens with two attached hydrogens (primary N) is 1. The average Bonchev–Trinajstić information content (AvgIpc) is 3.00. The molecule has 2 saturated carbocycles. The van der Waals surface area contributed by atoms with Crippen LogP contribution in [0.25, 0.3) is 0 Å². The van der Waals surface area contributed by atoms with Crippen LogP contribution in [0.2, 0.25) is 0 Å². The lowest BCUT2D eigenvalue weighted by molar-refractivity contribution is 0.148. The van der Waals surface area contributed by atoms with E-state index in [0.29, 0.717) is 12.1 Å². The largest absolute Gasteiger partial charge is 0.394 e. The molecule has 0 saturated heterocycles. The summed E-state index contributed by atoms with van der Waals surface area (Å²) < 4.78 is 0. The molecule has 0 aliphatic heterocycles. The van der Waals surface area contributed by atoms with E-state index in [1.54, 1.807) is 0 Å². The first-order chi connectivity index (χ1) is 7.06. The highest BCUT2D eigenvalue weighted by Crippen LogP contribution is 2.38. The molecule has 0 aromatic rings. The van der Waals surface area contributed by atoms with Gasteiger partial charge in [0, 0.05) is 17.6 Å². The van der Waals surface area contributed by atoms with Crippen LogP contribution in [-0.4, -0.2) is 41.3 Å². The van der Waals surface area contributed by atoms with Crippen molar-refractivity contribution in [1.82, 2.24) is 4.90 Å². The first-order valence-electron chi connectivity index (χ1n) is 6.17. The maximum atomic E-state index is 9.24. The van der Waals surface area contributed by atoms with Crippen LogP contribution in [0.1, 0.15) is 39.0 Å². The van der Waals surface area contributed by atoms with Crippen LogP contribution in [0.5, 0.6) is 0 Å². The minimum absolute atomic E-state index is 0.134. The van der Waals surface area contributed by atoms with Gasteiger partial charge in [0.1, 0.15) is 0 Å². The molecule has 2 rings (SSSR count). The Morgan fingerprint density at radius 1 is 1.47 bits per heavy atom. The first kappa shape index (κ1) is 11.4. The number of aliphatic hydroxyl groups excluding tert-OH is 1. The molecular formula is C12H24N2O. The van der Waals surface area contributed by atoms with Crippen molar-refractivity contribution < 1.29 is 5.11 Å². The van der Waals surface area contributed by atoms with Crippen molar-refractivity contribution in [3.05, 3.63) is 0 Å². The normalized spacial score (nSPS) is 38.6. The fraction of sp³-hybridized carbons (Fsp3) is 1.00. The Morgan fingerprint density at radius 2 is 2.13 bits per heavy atom. The number of rotatable bonds is 4. The van der Waals surface area contributed by atoms with Gasteiger partial charge in [-0.05, 0) is 52.0 Å². The van der Waals surface area contributed by atoms with Gasteiger partial charge in [-0.25, -0.2) is 0 Å². The molecule has 15 heavy (non-hydrogen) atoms. The lowest BCUT2D eigenvalue weighted by Crippen LogP contribution is -2.44. The van der Waals surface area contributed by atoms with Gasteiger partial charge in [-0.1, -0.05) is 0 Å². The fourth-order valence-corrected chi connectivity index (χ4v) is 2.86. The third-order valence-electron chi connectivity index (χ3n) is 4.46. The summed E-state index contributed by atoms with van der Waals surface area (Å²) >= 11 is 0. The molecule has 3 nitrogen and oxygen atoms in total. The molecular weight excluding hydrogens is 188 g/mol. The summed E-state index contributed by atoms with van der Waals surface area (Å²) in [4.78, 5) is 2.49. The molecule has 0 radical (unpaired) electrons. The van der Waals surface area contributed by atoms with Crippen LogP contribution in [-0.2, 0) is 0 Å². The molecule has 0 aromatic heterocycles. The standard InChI is InChI=1S/C12H24N2O/c1-9(10-3-4-10)14(2)11-5-6-12(13,7-11)8-15/h9-11,15H,3-8,13H2,1-2H3. The summed E-state index contributed by atoms with van der Waals surface area (Å²) in [6.45, 7) is 2.46. The molecule has 0 aromatic carbocycles. The van der Waals surface area contributed by atoms with Crippen LogP contribution >= 0.6 is 0 Å². The molecule has 3 atom stereocenters. The molecule has 2 fully saturated rings. The van der Waals surface area contributed by atoms with E-state index in [2.05, 4.69) is 18.9 Å². The van der Waals surface area contributed by atoms with Gasteiger partial charge in [-0.3, -0.25) is 0 Å². The summed E-state index contributed by atoms with van der Waals surface area (Å²) in [6.07, 6.45) is 5.86. The first-order valence-corrected chi connectivity index (χ1v) is 6.17. The Kier molecular flexibility index (Phi) is 3.06. The van der Waals surface area contributed by atoms with Gasteiger partial charge in [0.2, 0.25) is 0 Å². The zero-order valence-electron chi connectivity index (χ0n) is 9.95. The summed E-state index contributed by atoms with van der Waals surface area (Å²) in [5, 5.41) is 9.24. The van der Waals surface area contributed by atoms with Crippen molar-refractivity contribution in [1.29, 1.82) is 0 Å². The Bertz CT molecular complexity index is 230. The van der Waals surface area contributed by atoms with Gasteiger partial charge < -0.3 is 15.7 Å². The second-order valence-corrected chi connectivity index (χ2v) is 5.66. The molecule has 3 unspecified atom stereocenters.